The molecule has 1 aromatic heterocycles. The predicted molar refractivity (Wildman–Crippen MR) is 73.1 cm³/mol. The fourth-order valence-electron chi connectivity index (χ4n) is 1.71. The number of hydrogen-bond acceptors (Lipinski definition) is 2. The minimum Gasteiger partial charge on any atom is -0.347 e. The van der Waals surface area contributed by atoms with Crippen molar-refractivity contribution in [2.45, 2.75) is 59.5 Å². The van der Waals surface area contributed by atoms with Crippen LogP contribution in [-0.2, 0) is 16.9 Å². The van der Waals surface area contributed by atoms with Gasteiger partial charge in [0.05, 0.1) is 11.7 Å². The smallest absolute Gasteiger partial charge is 0.220 e. The van der Waals surface area contributed by atoms with Crippen molar-refractivity contribution in [3.63, 3.8) is 0 Å². The van der Waals surface area contributed by atoms with Crippen LogP contribution < -0.4 is 5.32 Å². The van der Waals surface area contributed by atoms with Crippen molar-refractivity contribution < 1.29 is 4.79 Å². The van der Waals surface area contributed by atoms with Gasteiger partial charge in [-0.3, -0.25) is 9.48 Å². The second kappa shape index (κ2) is 6.03. The first kappa shape index (κ1) is 14.7. The molecule has 1 N–H and O–H groups in total. The number of aryl methyl sites for hydroxylation is 1. The zero-order chi connectivity index (χ0) is 13.8. The van der Waals surface area contributed by atoms with Crippen LogP contribution in [0, 0.1) is 5.92 Å². The first-order valence-electron chi connectivity index (χ1n) is 6.69. The Kier molecular flexibility index (Phi) is 4.93. The van der Waals surface area contributed by atoms with E-state index in [2.05, 4.69) is 24.3 Å². The molecule has 4 nitrogen and oxygen atoms in total. The molecular weight excluding hydrogens is 226 g/mol. The lowest BCUT2D eigenvalue weighted by Gasteiger charge is -2.24. The third-order valence-corrected chi connectivity index (χ3v) is 3.06. The minimum atomic E-state index is -0.358. The number of carbonyl (C=O) groups excluding carboxylic acids is 1. The molecule has 0 unspecified atom stereocenters. The lowest BCUT2D eigenvalue weighted by Crippen LogP contribution is -2.40. The van der Waals surface area contributed by atoms with Crippen molar-refractivity contribution in [2.75, 3.05) is 0 Å². The monoisotopic (exact) mass is 251 g/mol. The van der Waals surface area contributed by atoms with E-state index in [4.69, 9.17) is 0 Å². The van der Waals surface area contributed by atoms with Crippen LogP contribution in [-0.4, -0.2) is 15.7 Å². The summed E-state index contributed by atoms with van der Waals surface area (Å²) in [6.07, 6.45) is 5.49. The Balaban J connectivity index is 2.68. The summed E-state index contributed by atoms with van der Waals surface area (Å²) in [7, 11) is 0. The Labute approximate surface area is 110 Å². The Morgan fingerprint density at radius 2 is 2.17 bits per heavy atom. The molecule has 1 rings (SSSR count). The van der Waals surface area contributed by atoms with Crippen LogP contribution in [0.15, 0.2) is 12.4 Å². The molecule has 102 valence electrons. The number of aromatic nitrogens is 2. The number of hydrogen-bond donors (Lipinski definition) is 1. The van der Waals surface area contributed by atoms with E-state index in [1.54, 1.807) is 0 Å². The van der Waals surface area contributed by atoms with Crippen LogP contribution in [0.1, 0.15) is 53.0 Å². The highest BCUT2D eigenvalue weighted by atomic mass is 16.1. The summed E-state index contributed by atoms with van der Waals surface area (Å²) in [5.41, 5.74) is 0.691. The van der Waals surface area contributed by atoms with Crippen LogP contribution in [0.25, 0.3) is 0 Å². The predicted octanol–water partition coefficient (Wildman–Crippen LogP) is 2.69. The lowest BCUT2D eigenvalue weighted by atomic mass is 9.97. The van der Waals surface area contributed by atoms with Gasteiger partial charge < -0.3 is 5.32 Å². The van der Waals surface area contributed by atoms with Gasteiger partial charge in [-0.1, -0.05) is 20.8 Å². The summed E-state index contributed by atoms with van der Waals surface area (Å²) in [5, 5.41) is 7.36. The standard InChI is InChI=1S/C14H25N3O/c1-6-13(18)16-14(4,5)12-9-15-17(10-12)8-7-11(2)3/h9-11H,6-8H2,1-5H3,(H,16,18). The van der Waals surface area contributed by atoms with E-state index < -0.39 is 0 Å². The second-order valence-corrected chi connectivity index (χ2v) is 5.70. The maximum absolute atomic E-state index is 11.5. The number of rotatable bonds is 6. The molecule has 0 spiro atoms. The molecule has 1 amide bonds. The molecule has 0 aromatic carbocycles. The Morgan fingerprint density at radius 1 is 1.50 bits per heavy atom. The largest absolute Gasteiger partial charge is 0.347 e. The Bertz CT molecular complexity index is 393. The molecule has 0 aliphatic heterocycles. The van der Waals surface area contributed by atoms with E-state index in [0.29, 0.717) is 12.3 Å². The Hall–Kier alpha value is -1.32. The molecule has 0 radical (unpaired) electrons. The fourth-order valence-corrected chi connectivity index (χ4v) is 1.71. The van der Waals surface area contributed by atoms with E-state index in [-0.39, 0.29) is 11.4 Å². The van der Waals surface area contributed by atoms with Crippen LogP contribution in [0.3, 0.4) is 0 Å². The topological polar surface area (TPSA) is 46.9 Å². The number of amides is 1. The average molecular weight is 251 g/mol. The summed E-state index contributed by atoms with van der Waals surface area (Å²) < 4.78 is 1.95. The van der Waals surface area contributed by atoms with Crippen molar-refractivity contribution in [3.05, 3.63) is 18.0 Å². The third-order valence-electron chi connectivity index (χ3n) is 3.06. The van der Waals surface area contributed by atoms with Gasteiger partial charge in [0.15, 0.2) is 0 Å². The van der Waals surface area contributed by atoms with Crippen LogP contribution in [0.4, 0.5) is 0 Å². The zero-order valence-corrected chi connectivity index (χ0v) is 12.2. The second-order valence-electron chi connectivity index (χ2n) is 5.70. The normalized spacial score (nSPS) is 11.9. The van der Waals surface area contributed by atoms with E-state index in [1.165, 1.54) is 0 Å². The highest BCUT2D eigenvalue weighted by Crippen LogP contribution is 2.19. The molecule has 0 atom stereocenters. The highest BCUT2D eigenvalue weighted by Gasteiger charge is 2.23. The van der Waals surface area contributed by atoms with Crippen molar-refractivity contribution in [1.29, 1.82) is 0 Å². The van der Waals surface area contributed by atoms with E-state index >= 15 is 0 Å². The third kappa shape index (κ3) is 4.17. The zero-order valence-electron chi connectivity index (χ0n) is 12.2. The minimum absolute atomic E-state index is 0.0648. The van der Waals surface area contributed by atoms with Crippen molar-refractivity contribution in [2.24, 2.45) is 5.92 Å². The molecule has 1 heterocycles. The maximum atomic E-state index is 11.5. The maximum Gasteiger partial charge on any atom is 0.220 e. The summed E-state index contributed by atoms with van der Waals surface area (Å²) in [6, 6.07) is 0. The van der Waals surface area contributed by atoms with Gasteiger partial charge in [-0.15, -0.1) is 0 Å². The molecule has 1 aromatic rings. The number of carbonyl (C=O) groups is 1. The lowest BCUT2D eigenvalue weighted by molar-refractivity contribution is -0.122. The summed E-state index contributed by atoms with van der Waals surface area (Å²) in [6.45, 7) is 11.2. The van der Waals surface area contributed by atoms with Gasteiger partial charge in [-0.25, -0.2) is 0 Å². The van der Waals surface area contributed by atoms with Gasteiger partial charge in [-0.2, -0.15) is 5.10 Å². The van der Waals surface area contributed by atoms with Gasteiger partial charge >= 0.3 is 0 Å². The molecule has 0 fully saturated rings. The highest BCUT2D eigenvalue weighted by molar-refractivity contribution is 5.76. The van der Waals surface area contributed by atoms with Crippen LogP contribution in [0.2, 0.25) is 0 Å². The first-order valence-corrected chi connectivity index (χ1v) is 6.69. The van der Waals surface area contributed by atoms with Gasteiger partial charge in [-0.05, 0) is 26.2 Å². The summed E-state index contributed by atoms with van der Waals surface area (Å²) >= 11 is 0. The molecule has 4 heteroatoms. The first-order chi connectivity index (χ1) is 8.35. The molecule has 0 aliphatic rings. The SMILES string of the molecule is CCC(=O)NC(C)(C)c1cnn(CCC(C)C)c1. The van der Waals surface area contributed by atoms with E-state index in [0.717, 1.165) is 18.5 Å². The van der Waals surface area contributed by atoms with Gasteiger partial charge in [0.2, 0.25) is 5.91 Å². The average Bonchev–Trinajstić information content (AvgIpc) is 2.75. The van der Waals surface area contributed by atoms with Crippen LogP contribution >= 0.6 is 0 Å². The number of nitrogens with zero attached hydrogens (tertiary/aromatic N) is 2. The fraction of sp³-hybridized carbons (Fsp3) is 0.714. The number of nitrogens with one attached hydrogen (secondary N) is 1. The molecule has 18 heavy (non-hydrogen) atoms. The molecular formula is C14H25N3O. The van der Waals surface area contributed by atoms with Gasteiger partial charge in [0, 0.05) is 24.7 Å². The summed E-state index contributed by atoms with van der Waals surface area (Å²) in [5.74, 6) is 0.736. The van der Waals surface area contributed by atoms with E-state index in [9.17, 15) is 4.79 Å². The van der Waals surface area contributed by atoms with Crippen molar-refractivity contribution in [3.8, 4) is 0 Å². The van der Waals surface area contributed by atoms with Crippen molar-refractivity contribution >= 4 is 5.91 Å². The molecule has 0 saturated carbocycles. The van der Waals surface area contributed by atoms with Gasteiger partial charge in [0.25, 0.3) is 0 Å². The van der Waals surface area contributed by atoms with Gasteiger partial charge in [0.1, 0.15) is 0 Å². The van der Waals surface area contributed by atoms with Crippen LogP contribution in [0.5, 0.6) is 0 Å². The molecule has 0 saturated heterocycles. The molecule has 0 aliphatic carbocycles. The quantitative estimate of drug-likeness (QED) is 0.845. The Morgan fingerprint density at radius 3 is 2.72 bits per heavy atom. The van der Waals surface area contributed by atoms with Crippen molar-refractivity contribution in [1.82, 2.24) is 15.1 Å². The van der Waals surface area contributed by atoms with E-state index in [1.807, 2.05) is 37.8 Å². The summed E-state index contributed by atoms with van der Waals surface area (Å²) in [4.78, 5) is 11.5. The molecule has 0 bridgehead atoms.